The number of hydrogen-bond donors (Lipinski definition) is 1. The van der Waals surface area contributed by atoms with Crippen molar-refractivity contribution in [3.8, 4) is 0 Å². The minimum Gasteiger partial charge on any atom is -0.396 e. The SMILES string of the molecule is CN1CCOCC1.Cn1cc(N)cn1. The average molecular weight is 198 g/mol. The summed E-state index contributed by atoms with van der Waals surface area (Å²) in [6.45, 7) is 4.02. The lowest BCUT2D eigenvalue weighted by atomic mass is 10.5. The Hall–Kier alpha value is -1.07. The summed E-state index contributed by atoms with van der Waals surface area (Å²) in [5, 5.41) is 3.81. The number of likely N-dealkylation sites (N-methyl/N-ethyl adjacent to an activating group) is 1. The van der Waals surface area contributed by atoms with Gasteiger partial charge in [0, 0.05) is 26.3 Å². The van der Waals surface area contributed by atoms with E-state index in [1.807, 2.05) is 7.05 Å². The van der Waals surface area contributed by atoms with E-state index in [1.54, 1.807) is 17.1 Å². The predicted molar refractivity (Wildman–Crippen MR) is 55.9 cm³/mol. The van der Waals surface area contributed by atoms with Crippen LogP contribution in [-0.2, 0) is 11.8 Å². The highest BCUT2D eigenvalue weighted by atomic mass is 16.5. The van der Waals surface area contributed by atoms with E-state index in [0.717, 1.165) is 26.3 Å². The molecule has 0 aromatic carbocycles. The van der Waals surface area contributed by atoms with E-state index in [9.17, 15) is 0 Å². The van der Waals surface area contributed by atoms with Gasteiger partial charge >= 0.3 is 0 Å². The second kappa shape index (κ2) is 5.62. The van der Waals surface area contributed by atoms with Gasteiger partial charge in [0.25, 0.3) is 0 Å². The molecule has 0 bridgehead atoms. The lowest BCUT2D eigenvalue weighted by molar-refractivity contribution is 0.0503. The van der Waals surface area contributed by atoms with E-state index in [2.05, 4.69) is 17.0 Å². The van der Waals surface area contributed by atoms with Gasteiger partial charge in [-0.3, -0.25) is 4.68 Å². The van der Waals surface area contributed by atoms with Gasteiger partial charge in [-0.1, -0.05) is 0 Å². The first-order chi connectivity index (χ1) is 6.68. The van der Waals surface area contributed by atoms with E-state index >= 15 is 0 Å². The largest absolute Gasteiger partial charge is 0.396 e. The average Bonchev–Trinajstić information content (AvgIpc) is 2.52. The van der Waals surface area contributed by atoms with Crippen LogP contribution in [0.15, 0.2) is 12.4 Å². The highest BCUT2D eigenvalue weighted by molar-refractivity contribution is 5.30. The van der Waals surface area contributed by atoms with E-state index in [0.29, 0.717) is 5.69 Å². The van der Waals surface area contributed by atoms with Crippen molar-refractivity contribution in [2.24, 2.45) is 7.05 Å². The smallest absolute Gasteiger partial charge is 0.0719 e. The Morgan fingerprint density at radius 1 is 1.36 bits per heavy atom. The van der Waals surface area contributed by atoms with Crippen molar-refractivity contribution >= 4 is 5.69 Å². The zero-order valence-electron chi connectivity index (χ0n) is 8.81. The number of nitrogens with two attached hydrogens (primary N) is 1. The van der Waals surface area contributed by atoms with Gasteiger partial charge in [0.2, 0.25) is 0 Å². The van der Waals surface area contributed by atoms with Crippen molar-refractivity contribution in [3.63, 3.8) is 0 Å². The molecule has 2 heterocycles. The molecule has 1 aromatic rings. The third kappa shape index (κ3) is 4.25. The Morgan fingerprint density at radius 3 is 2.21 bits per heavy atom. The van der Waals surface area contributed by atoms with Crippen LogP contribution in [-0.4, -0.2) is 48.0 Å². The topological polar surface area (TPSA) is 56.3 Å². The van der Waals surface area contributed by atoms with Gasteiger partial charge in [0.15, 0.2) is 0 Å². The summed E-state index contributed by atoms with van der Waals surface area (Å²) in [4.78, 5) is 2.27. The maximum Gasteiger partial charge on any atom is 0.0719 e. The van der Waals surface area contributed by atoms with E-state index in [1.165, 1.54) is 0 Å². The molecule has 2 rings (SSSR count). The highest BCUT2D eigenvalue weighted by Gasteiger charge is 2.02. The molecule has 2 N–H and O–H groups in total. The molecule has 5 nitrogen and oxygen atoms in total. The van der Waals surface area contributed by atoms with Gasteiger partial charge in [-0.25, -0.2) is 0 Å². The number of hydrogen-bond acceptors (Lipinski definition) is 4. The van der Waals surface area contributed by atoms with E-state index in [-0.39, 0.29) is 0 Å². The van der Waals surface area contributed by atoms with Gasteiger partial charge in [-0.2, -0.15) is 5.10 Å². The summed E-state index contributed by atoms with van der Waals surface area (Å²) >= 11 is 0. The van der Waals surface area contributed by atoms with Crippen molar-refractivity contribution in [1.82, 2.24) is 14.7 Å². The summed E-state index contributed by atoms with van der Waals surface area (Å²) < 4.78 is 6.76. The van der Waals surface area contributed by atoms with Crippen LogP contribution in [0, 0.1) is 0 Å². The first-order valence-corrected chi connectivity index (χ1v) is 4.69. The molecule has 0 unspecified atom stereocenters. The normalized spacial score (nSPS) is 17.3. The molecule has 5 heteroatoms. The number of ether oxygens (including phenoxy) is 1. The van der Waals surface area contributed by atoms with Gasteiger partial charge in [0.05, 0.1) is 25.1 Å². The van der Waals surface area contributed by atoms with Crippen LogP contribution in [0.3, 0.4) is 0 Å². The van der Waals surface area contributed by atoms with E-state index in [4.69, 9.17) is 10.5 Å². The Labute approximate surface area is 84.4 Å². The van der Waals surface area contributed by atoms with Crippen LogP contribution in [0.25, 0.3) is 0 Å². The lowest BCUT2D eigenvalue weighted by Gasteiger charge is -2.21. The van der Waals surface area contributed by atoms with Crippen LogP contribution in [0.1, 0.15) is 0 Å². The fraction of sp³-hybridized carbons (Fsp3) is 0.667. The summed E-state index contributed by atoms with van der Waals surface area (Å²) in [7, 11) is 3.94. The number of morpholine rings is 1. The molecule has 0 spiro atoms. The fourth-order valence-electron chi connectivity index (χ4n) is 1.09. The Kier molecular flexibility index (Phi) is 4.42. The summed E-state index contributed by atoms with van der Waals surface area (Å²) in [5.74, 6) is 0. The molecule has 0 amide bonds. The molecule has 1 aliphatic rings. The van der Waals surface area contributed by atoms with Crippen molar-refractivity contribution in [2.75, 3.05) is 39.1 Å². The summed E-state index contributed by atoms with van der Waals surface area (Å²) in [6.07, 6.45) is 3.36. The maximum absolute atomic E-state index is 5.30. The minimum atomic E-state index is 0.711. The molecule has 80 valence electrons. The molecule has 1 fully saturated rings. The van der Waals surface area contributed by atoms with Gasteiger partial charge in [-0.05, 0) is 7.05 Å². The van der Waals surface area contributed by atoms with Gasteiger partial charge < -0.3 is 15.4 Å². The molecule has 0 saturated carbocycles. The van der Waals surface area contributed by atoms with Crippen molar-refractivity contribution in [3.05, 3.63) is 12.4 Å². The Bertz CT molecular complexity index is 239. The molecular formula is C9H18N4O. The zero-order valence-corrected chi connectivity index (χ0v) is 8.81. The Balaban J connectivity index is 0.000000140. The number of aryl methyl sites for hydroxylation is 1. The zero-order chi connectivity index (χ0) is 10.4. The van der Waals surface area contributed by atoms with Crippen molar-refractivity contribution < 1.29 is 4.74 Å². The number of anilines is 1. The monoisotopic (exact) mass is 198 g/mol. The second-order valence-corrected chi connectivity index (χ2v) is 3.36. The molecule has 0 aliphatic carbocycles. The molecule has 1 aliphatic heterocycles. The van der Waals surface area contributed by atoms with E-state index < -0.39 is 0 Å². The second-order valence-electron chi connectivity index (χ2n) is 3.36. The number of rotatable bonds is 0. The van der Waals surface area contributed by atoms with Crippen molar-refractivity contribution in [2.45, 2.75) is 0 Å². The number of nitrogen functional groups attached to an aromatic ring is 1. The summed E-state index contributed by atoms with van der Waals surface area (Å²) in [6, 6.07) is 0. The molecule has 0 atom stereocenters. The first-order valence-electron chi connectivity index (χ1n) is 4.69. The molecule has 0 radical (unpaired) electrons. The van der Waals surface area contributed by atoms with Crippen LogP contribution >= 0.6 is 0 Å². The predicted octanol–water partition coefficient (Wildman–Crippen LogP) is -0.0493. The minimum absolute atomic E-state index is 0.711. The number of aromatic nitrogens is 2. The molecule has 1 saturated heterocycles. The van der Waals surface area contributed by atoms with Crippen LogP contribution in [0.2, 0.25) is 0 Å². The third-order valence-electron chi connectivity index (χ3n) is 1.96. The molecule has 1 aromatic heterocycles. The summed E-state index contributed by atoms with van der Waals surface area (Å²) in [5.41, 5.74) is 6.01. The van der Waals surface area contributed by atoms with Crippen LogP contribution in [0.5, 0.6) is 0 Å². The Morgan fingerprint density at radius 2 is 2.00 bits per heavy atom. The molecule has 14 heavy (non-hydrogen) atoms. The van der Waals surface area contributed by atoms with Crippen LogP contribution < -0.4 is 5.73 Å². The standard InChI is InChI=1S/C5H11NO.C4H7N3/c1-6-2-4-7-5-3-6;1-7-3-4(5)2-6-7/h2-5H2,1H3;2-3H,5H2,1H3. The number of nitrogens with zero attached hydrogens (tertiary/aromatic N) is 3. The maximum atomic E-state index is 5.30. The van der Waals surface area contributed by atoms with Gasteiger partial charge in [0.1, 0.15) is 0 Å². The van der Waals surface area contributed by atoms with Gasteiger partial charge in [-0.15, -0.1) is 0 Å². The lowest BCUT2D eigenvalue weighted by Crippen LogP contribution is -2.32. The third-order valence-corrected chi connectivity index (χ3v) is 1.96. The highest BCUT2D eigenvalue weighted by Crippen LogP contribution is 1.93. The van der Waals surface area contributed by atoms with Crippen LogP contribution in [0.4, 0.5) is 5.69 Å². The first kappa shape index (κ1) is 11.0. The quantitative estimate of drug-likeness (QED) is 0.635. The fourth-order valence-corrected chi connectivity index (χ4v) is 1.09. The molecular weight excluding hydrogens is 180 g/mol. The van der Waals surface area contributed by atoms with Crippen molar-refractivity contribution in [1.29, 1.82) is 0 Å².